The number of nitrogens with zero attached hydrogens (tertiary/aromatic N) is 1. The third-order valence-corrected chi connectivity index (χ3v) is 4.88. The number of aromatic hydroxyl groups is 1. The number of benzene rings is 3. The summed E-state index contributed by atoms with van der Waals surface area (Å²) >= 11 is 12.1. The highest BCUT2D eigenvalue weighted by Crippen LogP contribution is 2.31. The fourth-order valence-corrected chi connectivity index (χ4v) is 3.43. The van der Waals surface area contributed by atoms with Crippen molar-refractivity contribution in [1.29, 1.82) is 0 Å². The number of hydrazone groups is 1. The van der Waals surface area contributed by atoms with Crippen molar-refractivity contribution < 1.29 is 14.3 Å². The molecule has 1 aromatic heterocycles. The van der Waals surface area contributed by atoms with Crippen LogP contribution in [0.4, 0.5) is 0 Å². The molecule has 5 nitrogen and oxygen atoms in total. The van der Waals surface area contributed by atoms with Gasteiger partial charge in [0.15, 0.2) is 5.76 Å². The Balaban J connectivity index is 1.53. The summed E-state index contributed by atoms with van der Waals surface area (Å²) in [5.41, 5.74) is 3.53. The lowest BCUT2D eigenvalue weighted by Crippen LogP contribution is -2.16. The van der Waals surface area contributed by atoms with Crippen molar-refractivity contribution in [3.05, 3.63) is 88.1 Å². The number of carbonyl (C=O) groups excluding carboxylic acids is 1. The van der Waals surface area contributed by atoms with Crippen molar-refractivity contribution >= 4 is 46.1 Å². The van der Waals surface area contributed by atoms with Crippen molar-refractivity contribution in [2.75, 3.05) is 0 Å². The van der Waals surface area contributed by atoms with Crippen LogP contribution in [0.3, 0.4) is 0 Å². The molecule has 0 saturated heterocycles. The maximum Gasteiger partial charge on any atom is 0.307 e. The molecule has 0 bridgehead atoms. The van der Waals surface area contributed by atoms with Crippen LogP contribution in [0.15, 0.2) is 76.2 Å². The third-order valence-electron chi connectivity index (χ3n) is 4.33. The van der Waals surface area contributed by atoms with E-state index in [1.165, 1.54) is 12.3 Å². The molecule has 1 amide bonds. The normalized spacial score (nSPS) is 11.2. The topological polar surface area (TPSA) is 74.8 Å². The first-order chi connectivity index (χ1) is 14.0. The Hall–Kier alpha value is -3.28. The Morgan fingerprint density at radius 2 is 1.86 bits per heavy atom. The predicted octanol–water partition coefficient (Wildman–Crippen LogP) is 5.88. The molecule has 0 aliphatic rings. The second kappa shape index (κ2) is 7.99. The molecule has 4 rings (SSSR count). The summed E-state index contributed by atoms with van der Waals surface area (Å²) in [7, 11) is 0. The fraction of sp³-hybridized carbons (Fsp3) is 0. The minimum atomic E-state index is -0.530. The molecule has 0 fully saturated rings. The number of phenolic OH excluding ortho intramolecular Hbond substituents is 1. The number of nitrogens with one attached hydrogen (secondary N) is 1. The smallest absolute Gasteiger partial charge is 0.307 e. The number of carbonyl (C=O) groups is 1. The van der Waals surface area contributed by atoms with E-state index < -0.39 is 5.91 Å². The molecule has 2 N–H and O–H groups in total. The van der Waals surface area contributed by atoms with E-state index in [-0.39, 0.29) is 11.5 Å². The van der Waals surface area contributed by atoms with Crippen LogP contribution in [0.5, 0.6) is 5.75 Å². The Morgan fingerprint density at radius 1 is 1.03 bits per heavy atom. The standard InChI is InChI=1S/C22H14Cl2N2O3/c23-14-6-7-16(18(24)11-14)20-9-10-21(29-20)22(28)26-25-12-17-15-4-2-1-3-13(15)5-8-19(17)27/h1-12,27H,(H,26,28). The maximum atomic E-state index is 12.3. The average Bonchev–Trinajstić information content (AvgIpc) is 3.19. The highest BCUT2D eigenvalue weighted by molar-refractivity contribution is 6.36. The number of phenols is 1. The van der Waals surface area contributed by atoms with E-state index in [1.54, 1.807) is 30.3 Å². The van der Waals surface area contributed by atoms with Gasteiger partial charge >= 0.3 is 5.91 Å². The van der Waals surface area contributed by atoms with Crippen LogP contribution in [-0.2, 0) is 0 Å². The number of halogens is 2. The first-order valence-corrected chi connectivity index (χ1v) is 9.38. The number of furan rings is 1. The van der Waals surface area contributed by atoms with Crippen molar-refractivity contribution in [3.63, 3.8) is 0 Å². The van der Waals surface area contributed by atoms with Crippen LogP contribution in [0, 0.1) is 0 Å². The number of fused-ring (bicyclic) bond motifs is 1. The van der Waals surface area contributed by atoms with E-state index in [9.17, 15) is 9.90 Å². The SMILES string of the molecule is O=C(NN=Cc1c(O)ccc2ccccc12)c1ccc(-c2ccc(Cl)cc2Cl)o1. The maximum absolute atomic E-state index is 12.3. The number of hydrogen-bond donors (Lipinski definition) is 2. The van der Waals surface area contributed by atoms with E-state index in [1.807, 2.05) is 30.3 Å². The minimum Gasteiger partial charge on any atom is -0.507 e. The number of hydrogen-bond acceptors (Lipinski definition) is 4. The van der Waals surface area contributed by atoms with Crippen LogP contribution < -0.4 is 5.43 Å². The summed E-state index contributed by atoms with van der Waals surface area (Å²) in [6.07, 6.45) is 1.40. The molecule has 0 aliphatic heterocycles. The van der Waals surface area contributed by atoms with Gasteiger partial charge in [-0.25, -0.2) is 5.43 Å². The van der Waals surface area contributed by atoms with E-state index in [2.05, 4.69) is 10.5 Å². The lowest BCUT2D eigenvalue weighted by atomic mass is 10.0. The van der Waals surface area contributed by atoms with Gasteiger partial charge in [-0.1, -0.05) is 53.5 Å². The Kier molecular flexibility index (Phi) is 5.25. The van der Waals surface area contributed by atoms with Gasteiger partial charge < -0.3 is 9.52 Å². The van der Waals surface area contributed by atoms with Gasteiger partial charge in [-0.2, -0.15) is 5.10 Å². The zero-order chi connectivity index (χ0) is 20.4. The van der Waals surface area contributed by atoms with Gasteiger partial charge in [0, 0.05) is 16.1 Å². The minimum absolute atomic E-state index is 0.0689. The molecule has 0 spiro atoms. The van der Waals surface area contributed by atoms with Gasteiger partial charge in [-0.15, -0.1) is 0 Å². The lowest BCUT2D eigenvalue weighted by Gasteiger charge is -2.04. The highest BCUT2D eigenvalue weighted by Gasteiger charge is 2.14. The van der Waals surface area contributed by atoms with E-state index >= 15 is 0 Å². The Bertz CT molecular complexity index is 1250. The van der Waals surface area contributed by atoms with Gasteiger partial charge in [0.05, 0.1) is 11.2 Å². The van der Waals surface area contributed by atoms with E-state index in [4.69, 9.17) is 27.6 Å². The molecule has 4 aromatic rings. The molecule has 29 heavy (non-hydrogen) atoms. The second-order valence-electron chi connectivity index (χ2n) is 6.21. The van der Waals surface area contributed by atoms with Crippen LogP contribution in [-0.4, -0.2) is 17.2 Å². The molecule has 0 aliphatic carbocycles. The molecule has 0 atom stereocenters. The van der Waals surface area contributed by atoms with Gasteiger partial charge in [0.2, 0.25) is 0 Å². The summed E-state index contributed by atoms with van der Waals surface area (Å²) in [4.78, 5) is 12.3. The van der Waals surface area contributed by atoms with Crippen LogP contribution >= 0.6 is 23.2 Å². The molecular weight excluding hydrogens is 411 g/mol. The van der Waals surface area contributed by atoms with E-state index in [0.717, 1.165) is 10.8 Å². The number of amides is 1. The van der Waals surface area contributed by atoms with Crippen molar-refractivity contribution in [2.45, 2.75) is 0 Å². The van der Waals surface area contributed by atoms with Gasteiger partial charge in [-0.3, -0.25) is 4.79 Å². The summed E-state index contributed by atoms with van der Waals surface area (Å²) in [6.45, 7) is 0. The summed E-state index contributed by atoms with van der Waals surface area (Å²) in [6, 6.07) is 19.1. The monoisotopic (exact) mass is 424 g/mol. The molecule has 0 radical (unpaired) electrons. The van der Waals surface area contributed by atoms with Crippen LogP contribution in [0.1, 0.15) is 16.1 Å². The first kappa shape index (κ1) is 19.1. The van der Waals surface area contributed by atoms with Gasteiger partial charge in [-0.05, 0) is 47.2 Å². The van der Waals surface area contributed by atoms with E-state index in [0.29, 0.717) is 26.9 Å². The predicted molar refractivity (Wildman–Crippen MR) is 115 cm³/mol. The molecule has 0 saturated carbocycles. The molecule has 144 valence electrons. The third kappa shape index (κ3) is 3.97. The van der Waals surface area contributed by atoms with Crippen molar-refractivity contribution in [3.8, 4) is 17.1 Å². The Morgan fingerprint density at radius 3 is 2.69 bits per heavy atom. The summed E-state index contributed by atoms with van der Waals surface area (Å²) in [5.74, 6) is 0.0504. The molecule has 0 unspecified atom stereocenters. The number of rotatable bonds is 4. The largest absolute Gasteiger partial charge is 0.507 e. The quantitative estimate of drug-likeness (QED) is 0.317. The molecule has 1 heterocycles. The fourth-order valence-electron chi connectivity index (χ4n) is 2.92. The van der Waals surface area contributed by atoms with Crippen molar-refractivity contribution in [2.24, 2.45) is 5.10 Å². The average molecular weight is 425 g/mol. The summed E-state index contributed by atoms with van der Waals surface area (Å²) < 4.78 is 5.59. The van der Waals surface area contributed by atoms with Gasteiger partial charge in [0.1, 0.15) is 11.5 Å². The first-order valence-electron chi connectivity index (χ1n) is 8.62. The summed E-state index contributed by atoms with van der Waals surface area (Å²) in [5, 5.41) is 16.8. The van der Waals surface area contributed by atoms with Crippen LogP contribution in [0.25, 0.3) is 22.1 Å². The van der Waals surface area contributed by atoms with Crippen LogP contribution in [0.2, 0.25) is 10.0 Å². The zero-order valence-electron chi connectivity index (χ0n) is 14.9. The second-order valence-corrected chi connectivity index (χ2v) is 7.05. The Labute approximate surface area is 176 Å². The molecule has 3 aromatic carbocycles. The zero-order valence-corrected chi connectivity index (χ0v) is 16.4. The molecule has 7 heteroatoms. The van der Waals surface area contributed by atoms with Crippen molar-refractivity contribution in [1.82, 2.24) is 5.43 Å². The molecular formula is C22H14Cl2N2O3. The lowest BCUT2D eigenvalue weighted by molar-refractivity contribution is 0.0928. The highest BCUT2D eigenvalue weighted by atomic mass is 35.5. The van der Waals surface area contributed by atoms with Gasteiger partial charge in [0.25, 0.3) is 0 Å².